The van der Waals surface area contributed by atoms with Crippen molar-refractivity contribution in [2.45, 2.75) is 70.3 Å². The summed E-state index contributed by atoms with van der Waals surface area (Å²) in [5, 5.41) is 8.74. The summed E-state index contributed by atoms with van der Waals surface area (Å²) in [6, 6.07) is 4.62. The van der Waals surface area contributed by atoms with Gasteiger partial charge in [-0.2, -0.15) is 5.26 Å². The average Bonchev–Trinajstić information content (AvgIpc) is 2.58. The summed E-state index contributed by atoms with van der Waals surface area (Å²) in [6.07, 6.45) is 8.42. The lowest BCUT2D eigenvalue weighted by atomic mass is 9.82. The van der Waals surface area contributed by atoms with Crippen molar-refractivity contribution in [3.63, 3.8) is 0 Å². The number of unbranched alkanes of at least 4 members (excludes halogenated alkanes) is 3. The van der Waals surface area contributed by atoms with E-state index in [4.69, 9.17) is 10.00 Å². The van der Waals surface area contributed by atoms with Gasteiger partial charge >= 0.3 is 0 Å². The van der Waals surface area contributed by atoms with Crippen LogP contribution in [0.5, 0.6) is 0 Å². The van der Waals surface area contributed by atoms with E-state index in [1.807, 2.05) is 0 Å². The van der Waals surface area contributed by atoms with Crippen LogP contribution < -0.4 is 0 Å². The molecule has 1 aromatic carbocycles. The SMILES string of the molecule is CCCCCCO[C@H]1CC[C@H](c2ccc(C#N)c(F)c2F)CC1. The molecule has 1 aromatic rings. The molecule has 23 heavy (non-hydrogen) atoms. The summed E-state index contributed by atoms with van der Waals surface area (Å²) in [5.41, 5.74) is 0.179. The average molecular weight is 321 g/mol. The van der Waals surface area contributed by atoms with Gasteiger partial charge in [0.2, 0.25) is 0 Å². The number of ether oxygens (including phenoxy) is 1. The maximum Gasteiger partial charge on any atom is 0.176 e. The van der Waals surface area contributed by atoms with Crippen molar-refractivity contribution < 1.29 is 13.5 Å². The Kier molecular flexibility index (Phi) is 6.98. The van der Waals surface area contributed by atoms with Crippen molar-refractivity contribution in [3.05, 3.63) is 34.9 Å². The van der Waals surface area contributed by atoms with Crippen molar-refractivity contribution in [1.82, 2.24) is 0 Å². The first-order chi connectivity index (χ1) is 11.2. The minimum atomic E-state index is -1.01. The third kappa shape index (κ3) is 4.75. The Bertz CT molecular complexity index is 545. The zero-order chi connectivity index (χ0) is 16.7. The minimum Gasteiger partial charge on any atom is -0.378 e. The number of hydrogen-bond donors (Lipinski definition) is 0. The Balaban J connectivity index is 1.83. The van der Waals surface area contributed by atoms with Gasteiger partial charge in [0.25, 0.3) is 0 Å². The fraction of sp³-hybridized carbons (Fsp3) is 0.632. The van der Waals surface area contributed by atoms with Gasteiger partial charge in [-0.25, -0.2) is 8.78 Å². The molecule has 0 amide bonds. The Morgan fingerprint density at radius 2 is 1.83 bits per heavy atom. The van der Waals surface area contributed by atoms with Gasteiger partial charge < -0.3 is 4.74 Å². The zero-order valence-electron chi connectivity index (χ0n) is 13.8. The van der Waals surface area contributed by atoms with E-state index >= 15 is 0 Å². The molecule has 2 rings (SSSR count). The molecule has 0 bridgehead atoms. The number of benzene rings is 1. The summed E-state index contributed by atoms with van der Waals surface area (Å²) in [7, 11) is 0. The highest BCUT2D eigenvalue weighted by Crippen LogP contribution is 2.36. The normalized spacial score (nSPS) is 21.1. The maximum absolute atomic E-state index is 14.1. The first kappa shape index (κ1) is 17.9. The van der Waals surface area contributed by atoms with Crippen LogP contribution >= 0.6 is 0 Å². The standard InChI is InChI=1S/C19H25F2NO/c1-2-3-4-5-12-23-16-9-6-14(7-10-16)17-11-8-15(13-22)18(20)19(17)21/h8,11,14,16H,2-7,9-10,12H2,1H3/t14-,16-. The second kappa shape index (κ2) is 8.98. The van der Waals surface area contributed by atoms with E-state index in [9.17, 15) is 8.78 Å². The topological polar surface area (TPSA) is 33.0 Å². The molecule has 0 radical (unpaired) electrons. The molecule has 1 saturated carbocycles. The van der Waals surface area contributed by atoms with E-state index in [0.717, 1.165) is 38.7 Å². The predicted molar refractivity (Wildman–Crippen MR) is 86.2 cm³/mol. The van der Waals surface area contributed by atoms with E-state index in [1.54, 1.807) is 12.1 Å². The number of rotatable bonds is 7. The van der Waals surface area contributed by atoms with Gasteiger partial charge in [-0.15, -0.1) is 0 Å². The summed E-state index contributed by atoms with van der Waals surface area (Å²) < 4.78 is 33.7. The first-order valence-electron chi connectivity index (χ1n) is 8.67. The van der Waals surface area contributed by atoms with Crippen LogP contribution in [0.25, 0.3) is 0 Å². The van der Waals surface area contributed by atoms with Gasteiger partial charge in [-0.3, -0.25) is 0 Å². The van der Waals surface area contributed by atoms with E-state index in [2.05, 4.69) is 6.92 Å². The van der Waals surface area contributed by atoms with Crippen LogP contribution in [-0.2, 0) is 4.74 Å². The molecule has 4 heteroatoms. The van der Waals surface area contributed by atoms with Gasteiger partial charge in [0.15, 0.2) is 11.6 Å². The quantitative estimate of drug-likeness (QED) is 0.625. The first-order valence-corrected chi connectivity index (χ1v) is 8.67. The Labute approximate surface area is 137 Å². The van der Waals surface area contributed by atoms with Crippen LogP contribution in [0.15, 0.2) is 12.1 Å². The highest BCUT2D eigenvalue weighted by molar-refractivity contribution is 5.36. The van der Waals surface area contributed by atoms with Gasteiger partial charge in [0.1, 0.15) is 6.07 Å². The summed E-state index contributed by atoms with van der Waals surface area (Å²) in [5.74, 6) is -1.84. The molecule has 0 aliphatic heterocycles. The zero-order valence-corrected chi connectivity index (χ0v) is 13.8. The smallest absolute Gasteiger partial charge is 0.176 e. The summed E-state index contributed by atoms with van der Waals surface area (Å²) in [6.45, 7) is 2.99. The third-order valence-electron chi connectivity index (χ3n) is 4.70. The van der Waals surface area contributed by atoms with Crippen LogP contribution in [0.2, 0.25) is 0 Å². The van der Waals surface area contributed by atoms with Gasteiger partial charge in [0.05, 0.1) is 11.7 Å². The fourth-order valence-corrected chi connectivity index (χ4v) is 3.29. The molecule has 2 nitrogen and oxygen atoms in total. The summed E-state index contributed by atoms with van der Waals surface area (Å²) in [4.78, 5) is 0. The molecule has 1 fully saturated rings. The summed E-state index contributed by atoms with van der Waals surface area (Å²) >= 11 is 0. The van der Waals surface area contributed by atoms with Crippen molar-refractivity contribution in [2.24, 2.45) is 0 Å². The van der Waals surface area contributed by atoms with Crippen LogP contribution in [0, 0.1) is 23.0 Å². The van der Waals surface area contributed by atoms with E-state index in [-0.39, 0.29) is 17.6 Å². The molecule has 0 unspecified atom stereocenters. The molecule has 0 aromatic heterocycles. The molecule has 1 aliphatic carbocycles. The largest absolute Gasteiger partial charge is 0.378 e. The van der Waals surface area contributed by atoms with Crippen molar-refractivity contribution >= 4 is 0 Å². The number of nitriles is 1. The second-order valence-corrected chi connectivity index (χ2v) is 6.35. The lowest BCUT2D eigenvalue weighted by Crippen LogP contribution is -2.22. The third-order valence-corrected chi connectivity index (χ3v) is 4.70. The highest BCUT2D eigenvalue weighted by Gasteiger charge is 2.26. The van der Waals surface area contributed by atoms with Crippen molar-refractivity contribution in [2.75, 3.05) is 6.61 Å². The van der Waals surface area contributed by atoms with E-state index in [1.165, 1.54) is 25.3 Å². The molecule has 126 valence electrons. The Morgan fingerprint density at radius 1 is 1.09 bits per heavy atom. The molecule has 0 N–H and O–H groups in total. The number of nitrogens with zero attached hydrogens (tertiary/aromatic N) is 1. The Morgan fingerprint density at radius 3 is 2.48 bits per heavy atom. The monoisotopic (exact) mass is 321 g/mol. The maximum atomic E-state index is 14.1. The molecule has 0 atom stereocenters. The van der Waals surface area contributed by atoms with Crippen LogP contribution in [0.4, 0.5) is 8.78 Å². The molecule has 1 aliphatic rings. The second-order valence-electron chi connectivity index (χ2n) is 6.35. The van der Waals surface area contributed by atoms with Crippen molar-refractivity contribution in [1.29, 1.82) is 5.26 Å². The van der Waals surface area contributed by atoms with Crippen LogP contribution in [-0.4, -0.2) is 12.7 Å². The molecular weight excluding hydrogens is 296 g/mol. The molecule has 0 saturated heterocycles. The van der Waals surface area contributed by atoms with E-state index < -0.39 is 11.6 Å². The van der Waals surface area contributed by atoms with Gasteiger partial charge in [0, 0.05) is 6.61 Å². The van der Waals surface area contributed by atoms with E-state index in [0.29, 0.717) is 5.56 Å². The number of halogens is 2. The lowest BCUT2D eigenvalue weighted by Gasteiger charge is -2.29. The predicted octanol–water partition coefficient (Wildman–Crippen LogP) is 5.46. The molecule has 0 spiro atoms. The Hall–Kier alpha value is -1.47. The fourth-order valence-electron chi connectivity index (χ4n) is 3.29. The van der Waals surface area contributed by atoms with Crippen molar-refractivity contribution in [3.8, 4) is 6.07 Å². The minimum absolute atomic E-state index is 0.0252. The van der Waals surface area contributed by atoms with Gasteiger partial charge in [-0.05, 0) is 49.7 Å². The lowest BCUT2D eigenvalue weighted by molar-refractivity contribution is 0.0224. The molecular formula is C19H25F2NO. The van der Waals surface area contributed by atoms with Gasteiger partial charge in [-0.1, -0.05) is 32.3 Å². The highest BCUT2D eigenvalue weighted by atomic mass is 19.2. The van der Waals surface area contributed by atoms with Crippen LogP contribution in [0.1, 0.15) is 75.3 Å². The van der Waals surface area contributed by atoms with Crippen LogP contribution in [0.3, 0.4) is 0 Å². The number of hydrogen-bond acceptors (Lipinski definition) is 2. The molecule has 0 heterocycles.